The number of hydrogen-bond acceptors (Lipinski definition) is 3. The van der Waals surface area contributed by atoms with Crippen molar-refractivity contribution >= 4 is 11.7 Å². The third-order valence-corrected chi connectivity index (χ3v) is 2.93. The second kappa shape index (κ2) is 3.63. The summed E-state index contributed by atoms with van der Waals surface area (Å²) in [5.41, 5.74) is 1.69. The van der Waals surface area contributed by atoms with Gasteiger partial charge in [-0.05, 0) is 44.0 Å². The van der Waals surface area contributed by atoms with E-state index >= 15 is 0 Å². The summed E-state index contributed by atoms with van der Waals surface area (Å²) < 4.78 is 0. The largest absolute Gasteiger partial charge is 0.494 e. The molecule has 16 heavy (non-hydrogen) atoms. The van der Waals surface area contributed by atoms with Crippen molar-refractivity contribution in [3.63, 3.8) is 0 Å². The molecule has 1 aliphatic rings. The van der Waals surface area contributed by atoms with Crippen LogP contribution in [0.3, 0.4) is 0 Å². The molecule has 1 amide bonds. The lowest BCUT2D eigenvalue weighted by Crippen LogP contribution is -2.28. The zero-order valence-electron chi connectivity index (χ0n) is 9.56. The van der Waals surface area contributed by atoms with Crippen molar-refractivity contribution in [1.82, 2.24) is 4.98 Å². The number of pyridine rings is 1. The van der Waals surface area contributed by atoms with Gasteiger partial charge < -0.3 is 5.11 Å². The monoisotopic (exact) mass is 218 g/mol. The van der Waals surface area contributed by atoms with Gasteiger partial charge in [0.1, 0.15) is 5.82 Å². The van der Waals surface area contributed by atoms with Crippen LogP contribution in [0.1, 0.15) is 19.4 Å². The minimum atomic E-state index is -0.276. The number of amides is 1. The summed E-state index contributed by atoms with van der Waals surface area (Å²) >= 11 is 0. The highest BCUT2D eigenvalue weighted by molar-refractivity contribution is 6.01. The maximum atomic E-state index is 11.9. The first-order valence-electron chi connectivity index (χ1n) is 5.18. The summed E-state index contributed by atoms with van der Waals surface area (Å²) in [6.45, 7) is 5.46. The lowest BCUT2D eigenvalue weighted by Gasteiger charge is -2.16. The number of carbonyl (C=O) groups is 1. The van der Waals surface area contributed by atoms with E-state index in [1.54, 1.807) is 26.1 Å². The fourth-order valence-electron chi connectivity index (χ4n) is 1.72. The number of rotatable bonds is 1. The molecule has 2 rings (SSSR count). The summed E-state index contributed by atoms with van der Waals surface area (Å²) in [5, 5.41) is 9.89. The van der Waals surface area contributed by atoms with Crippen molar-refractivity contribution in [2.45, 2.75) is 20.8 Å². The fraction of sp³-hybridized carbons (Fsp3) is 0.333. The number of anilines is 1. The number of carbonyl (C=O) groups excluding carboxylic acids is 1. The molecule has 2 heterocycles. The molecule has 0 spiro atoms. The molecule has 1 unspecified atom stereocenters. The zero-order chi connectivity index (χ0) is 11.9. The Hall–Kier alpha value is -1.84. The molecule has 1 aromatic rings. The van der Waals surface area contributed by atoms with Crippen LogP contribution in [0.15, 0.2) is 29.8 Å². The van der Waals surface area contributed by atoms with Gasteiger partial charge in [-0.15, -0.1) is 0 Å². The summed E-state index contributed by atoms with van der Waals surface area (Å²) in [6.07, 6.45) is 1.63. The van der Waals surface area contributed by atoms with Crippen LogP contribution >= 0.6 is 0 Å². The van der Waals surface area contributed by atoms with Crippen LogP contribution in [0.5, 0.6) is 0 Å². The van der Waals surface area contributed by atoms with Gasteiger partial charge in [-0.3, -0.25) is 4.79 Å². The van der Waals surface area contributed by atoms with Crippen molar-refractivity contribution in [1.29, 1.82) is 0 Å². The molecule has 0 radical (unpaired) electrons. The van der Waals surface area contributed by atoms with E-state index < -0.39 is 0 Å². The smallest absolute Gasteiger partial charge is 0.242 e. The van der Waals surface area contributed by atoms with Crippen LogP contribution in [-0.2, 0) is 4.79 Å². The Morgan fingerprint density at radius 2 is 2.12 bits per heavy atom. The molecule has 1 aromatic heterocycles. The average molecular weight is 218 g/mol. The Kier molecular flexibility index (Phi) is 2.42. The molecule has 0 saturated heterocycles. The van der Waals surface area contributed by atoms with E-state index in [1.165, 1.54) is 4.90 Å². The molecule has 0 bridgehead atoms. The van der Waals surface area contributed by atoms with Gasteiger partial charge in [0.2, 0.25) is 5.91 Å². The molecule has 4 nitrogen and oxygen atoms in total. The highest BCUT2D eigenvalue weighted by Crippen LogP contribution is 2.31. The quantitative estimate of drug-likeness (QED) is 0.785. The van der Waals surface area contributed by atoms with Crippen LogP contribution in [0.2, 0.25) is 0 Å². The van der Waals surface area contributed by atoms with Crippen LogP contribution in [0.4, 0.5) is 5.82 Å². The Bertz CT molecular complexity index is 480. The Morgan fingerprint density at radius 1 is 1.44 bits per heavy atom. The summed E-state index contributed by atoms with van der Waals surface area (Å²) in [6, 6.07) is 3.63. The van der Waals surface area contributed by atoms with E-state index in [0.717, 1.165) is 5.56 Å². The molecule has 4 heteroatoms. The second-order valence-corrected chi connectivity index (χ2v) is 4.09. The van der Waals surface area contributed by atoms with Crippen molar-refractivity contribution in [2.24, 2.45) is 5.92 Å². The van der Waals surface area contributed by atoms with Crippen LogP contribution in [0.25, 0.3) is 0 Å². The average Bonchev–Trinajstić information content (AvgIpc) is 2.44. The van der Waals surface area contributed by atoms with E-state index in [1.807, 2.05) is 13.0 Å². The predicted molar refractivity (Wildman–Crippen MR) is 61.0 cm³/mol. The lowest BCUT2D eigenvalue weighted by molar-refractivity contribution is -0.119. The van der Waals surface area contributed by atoms with Crippen LogP contribution in [0, 0.1) is 12.8 Å². The number of aliphatic hydroxyl groups is 1. The zero-order valence-corrected chi connectivity index (χ0v) is 9.56. The molecular weight excluding hydrogens is 204 g/mol. The van der Waals surface area contributed by atoms with E-state index in [0.29, 0.717) is 11.4 Å². The van der Waals surface area contributed by atoms with Crippen LogP contribution < -0.4 is 4.90 Å². The third-order valence-electron chi connectivity index (χ3n) is 2.93. The fourth-order valence-corrected chi connectivity index (χ4v) is 1.72. The van der Waals surface area contributed by atoms with Crippen molar-refractivity contribution in [2.75, 3.05) is 4.90 Å². The molecule has 1 N–H and O–H groups in total. The van der Waals surface area contributed by atoms with Gasteiger partial charge in [-0.2, -0.15) is 0 Å². The van der Waals surface area contributed by atoms with Gasteiger partial charge in [-0.1, -0.05) is 0 Å². The van der Waals surface area contributed by atoms with Crippen molar-refractivity contribution < 1.29 is 9.90 Å². The normalized spacial score (nSPS) is 20.8. The van der Waals surface area contributed by atoms with E-state index in [4.69, 9.17) is 0 Å². The highest BCUT2D eigenvalue weighted by Gasteiger charge is 2.36. The minimum absolute atomic E-state index is 0.00981. The molecule has 0 saturated carbocycles. The molecule has 1 aliphatic heterocycles. The Morgan fingerprint density at radius 3 is 2.62 bits per heavy atom. The highest BCUT2D eigenvalue weighted by atomic mass is 16.3. The van der Waals surface area contributed by atoms with Crippen molar-refractivity contribution in [3.05, 3.63) is 35.3 Å². The summed E-state index contributed by atoms with van der Waals surface area (Å²) in [7, 11) is 0. The van der Waals surface area contributed by atoms with Gasteiger partial charge in [0, 0.05) is 6.20 Å². The van der Waals surface area contributed by atoms with Crippen molar-refractivity contribution in [3.8, 4) is 0 Å². The van der Waals surface area contributed by atoms with Gasteiger partial charge in [-0.25, -0.2) is 9.88 Å². The molecule has 0 fully saturated rings. The van der Waals surface area contributed by atoms with Gasteiger partial charge >= 0.3 is 0 Å². The third kappa shape index (κ3) is 1.46. The van der Waals surface area contributed by atoms with E-state index in [2.05, 4.69) is 4.98 Å². The molecular formula is C12H14N2O2. The van der Waals surface area contributed by atoms with E-state index in [-0.39, 0.29) is 17.7 Å². The molecule has 1 atom stereocenters. The first-order chi connectivity index (χ1) is 7.52. The topological polar surface area (TPSA) is 53.4 Å². The second-order valence-electron chi connectivity index (χ2n) is 4.09. The van der Waals surface area contributed by atoms with Gasteiger partial charge in [0.25, 0.3) is 0 Å². The SMILES string of the molecule is CC1=C(O)N(c2cc(C)ccn2)C(=O)C1C. The number of aromatic nitrogens is 1. The maximum absolute atomic E-state index is 11.9. The Balaban J connectivity index is 2.47. The predicted octanol–water partition coefficient (Wildman–Crippen LogP) is 2.16. The van der Waals surface area contributed by atoms with Gasteiger partial charge in [0.15, 0.2) is 5.88 Å². The molecule has 0 aliphatic carbocycles. The lowest BCUT2D eigenvalue weighted by atomic mass is 10.1. The summed E-state index contributed by atoms with van der Waals surface area (Å²) in [5.74, 6) is 0.0808. The minimum Gasteiger partial charge on any atom is -0.494 e. The number of hydrogen-bond donors (Lipinski definition) is 1. The standard InChI is InChI=1S/C12H14N2O2/c1-7-4-5-13-10(6-7)14-11(15)8(2)9(3)12(14)16/h4-6,8,16H,1-3H3. The molecule has 84 valence electrons. The Labute approximate surface area is 94.2 Å². The number of aliphatic hydroxyl groups excluding tert-OH is 1. The number of nitrogens with zero attached hydrogens (tertiary/aromatic N) is 2. The first kappa shape index (κ1) is 10.7. The first-order valence-corrected chi connectivity index (χ1v) is 5.18. The molecule has 0 aromatic carbocycles. The number of aryl methyl sites for hydroxylation is 1. The van der Waals surface area contributed by atoms with Gasteiger partial charge in [0.05, 0.1) is 5.92 Å². The maximum Gasteiger partial charge on any atom is 0.242 e. The van der Waals surface area contributed by atoms with E-state index in [9.17, 15) is 9.90 Å². The van der Waals surface area contributed by atoms with Crippen LogP contribution in [-0.4, -0.2) is 16.0 Å². The summed E-state index contributed by atoms with van der Waals surface area (Å²) in [4.78, 5) is 17.3.